The molecule has 0 aliphatic rings. The van der Waals surface area contributed by atoms with Crippen molar-refractivity contribution in [2.75, 3.05) is 0 Å². The zero-order valence-electron chi connectivity index (χ0n) is 2.82. The van der Waals surface area contributed by atoms with Crippen molar-refractivity contribution in [3.63, 3.8) is 0 Å². The highest BCUT2D eigenvalue weighted by atomic mass is 35.5. The van der Waals surface area contributed by atoms with Gasteiger partial charge in [0.05, 0.1) is 0 Å². The predicted molar refractivity (Wildman–Crippen MR) is 31.9 cm³/mol. The monoisotopic (exact) mass is 104 g/mol. The molecule has 1 heteroatoms. The first kappa shape index (κ1) is 9.24. The van der Waals surface area contributed by atoms with Gasteiger partial charge < -0.3 is 0 Å². The fourth-order valence-corrected chi connectivity index (χ4v) is 0.154. The second-order valence-corrected chi connectivity index (χ2v) is 0.806. The number of hydrogen-bond acceptors (Lipinski definition) is 0. The Hall–Kier alpha value is -0.230. The number of rotatable bonds is 1. The number of hydrogen-bond donors (Lipinski definition) is 0. The molecule has 0 radical (unpaired) electrons. The maximum atomic E-state index is 5.05. The molecule has 0 aromatic rings. The minimum Gasteiger partial charge on any atom is -0.0990 e. The van der Waals surface area contributed by atoms with Crippen molar-refractivity contribution in [3.05, 3.63) is 24.3 Å². The van der Waals surface area contributed by atoms with Crippen molar-refractivity contribution in [2.24, 2.45) is 0 Å². The predicted octanol–water partition coefficient (Wildman–Crippen LogP) is 2.56. The molecule has 0 atom stereocenters. The van der Waals surface area contributed by atoms with Gasteiger partial charge in [-0.05, 0) is 0 Å². The molecular formula is C5H9Cl. The van der Waals surface area contributed by atoms with Crippen LogP contribution in [0, 0.1) is 0 Å². The summed E-state index contributed by atoms with van der Waals surface area (Å²) in [5.41, 5.74) is 1.41. The summed E-state index contributed by atoms with van der Waals surface area (Å²) in [6, 6.07) is 0. The first-order chi connectivity index (χ1) is 2.41. The maximum Gasteiger partial charge on any atom is 0.00422 e. The van der Waals surface area contributed by atoms with Gasteiger partial charge in [-0.2, -0.15) is 0 Å². The highest BCUT2D eigenvalue weighted by Gasteiger charge is 1.44. The van der Waals surface area contributed by atoms with Crippen molar-refractivity contribution >= 4 is 11.6 Å². The highest BCUT2D eigenvalue weighted by Crippen LogP contribution is 1.74. The Labute approximate surface area is 44.1 Å². The van der Waals surface area contributed by atoms with E-state index in [2.05, 4.69) is 6.58 Å². The molecule has 0 N–H and O–H groups in total. The molecule has 0 spiro atoms. The minimum absolute atomic E-state index is 0. The van der Waals surface area contributed by atoms with Crippen molar-refractivity contribution in [3.8, 4) is 0 Å². The molecule has 0 nitrogen and oxygen atoms in total. The average Bonchev–Trinajstić information content (AvgIpc) is 1.41. The van der Waals surface area contributed by atoms with E-state index in [1.807, 2.05) is 0 Å². The zero-order chi connectivity index (χ0) is 4.12. The molecule has 0 unspecified atom stereocenters. The van der Waals surface area contributed by atoms with E-state index < -0.39 is 0 Å². The van der Waals surface area contributed by atoms with E-state index in [0.717, 1.165) is 0 Å². The molecule has 6 heavy (non-hydrogen) atoms. The first-order valence-electron chi connectivity index (χ1n) is 1.29. The third-order valence-electron chi connectivity index (χ3n) is 0.209. The summed E-state index contributed by atoms with van der Waals surface area (Å²) in [6.07, 6.45) is 3.27. The maximum absolute atomic E-state index is 5.05. The van der Waals surface area contributed by atoms with Crippen molar-refractivity contribution in [1.29, 1.82) is 0 Å². The second kappa shape index (κ2) is 8.84. The van der Waals surface area contributed by atoms with Crippen LogP contribution in [-0.2, 0) is 0 Å². The minimum atomic E-state index is 0. The molecule has 0 amide bonds. The van der Waals surface area contributed by atoms with Crippen LogP contribution in [-0.4, -0.2) is 0 Å². The summed E-state index contributed by atoms with van der Waals surface area (Å²) in [5.74, 6) is 0. The van der Waals surface area contributed by atoms with Crippen LogP contribution in [0.5, 0.6) is 0 Å². The summed E-state index contributed by atoms with van der Waals surface area (Å²) in [6.45, 7) is 3.38. The Bertz CT molecular complexity index is 45.9. The second-order valence-electron chi connectivity index (χ2n) is 0.554. The van der Waals surface area contributed by atoms with E-state index in [9.17, 15) is 0 Å². The summed E-state index contributed by atoms with van der Waals surface area (Å²) in [7, 11) is 0. The van der Waals surface area contributed by atoms with Gasteiger partial charge in [0.25, 0.3) is 0 Å². The largest absolute Gasteiger partial charge is 0.0990 e. The van der Waals surface area contributed by atoms with E-state index in [-0.39, 0.29) is 7.43 Å². The van der Waals surface area contributed by atoms with E-state index in [1.165, 1.54) is 5.54 Å². The van der Waals surface area contributed by atoms with Crippen LogP contribution in [0.15, 0.2) is 24.3 Å². The lowest BCUT2D eigenvalue weighted by Gasteiger charge is -1.53. The average molecular weight is 105 g/mol. The number of allylic oxidation sites excluding steroid dienone is 2. The fraction of sp³-hybridized carbons (Fsp3) is 0.200. The summed E-state index contributed by atoms with van der Waals surface area (Å²) < 4.78 is 0. The Morgan fingerprint density at radius 2 is 2.00 bits per heavy atom. The van der Waals surface area contributed by atoms with Crippen molar-refractivity contribution < 1.29 is 0 Å². The smallest absolute Gasteiger partial charge is 0.00422 e. The van der Waals surface area contributed by atoms with Gasteiger partial charge in [-0.25, -0.2) is 0 Å². The van der Waals surface area contributed by atoms with Gasteiger partial charge in [0.2, 0.25) is 0 Å². The molecule has 0 saturated heterocycles. The van der Waals surface area contributed by atoms with Gasteiger partial charge in [-0.3, -0.25) is 0 Å². The van der Waals surface area contributed by atoms with Gasteiger partial charge >= 0.3 is 0 Å². The van der Waals surface area contributed by atoms with Gasteiger partial charge in [-0.15, -0.1) is 0 Å². The Morgan fingerprint density at radius 3 is 2.00 bits per heavy atom. The Morgan fingerprint density at radius 1 is 1.50 bits per heavy atom. The van der Waals surface area contributed by atoms with Gasteiger partial charge in [0.15, 0.2) is 0 Å². The standard InChI is InChI=1S/C4H5Cl.CH4/c1-2-3-4-5;/h2-4H,1H2;1H4. The van der Waals surface area contributed by atoms with Crippen LogP contribution in [0.4, 0.5) is 0 Å². The number of halogens is 1. The Balaban J connectivity index is 0. The van der Waals surface area contributed by atoms with Crippen LogP contribution in [0.2, 0.25) is 0 Å². The first-order valence-corrected chi connectivity index (χ1v) is 1.73. The van der Waals surface area contributed by atoms with Crippen LogP contribution in [0.1, 0.15) is 7.43 Å². The molecule has 0 aromatic heterocycles. The molecule has 0 aliphatic heterocycles. The molecule has 0 heterocycles. The van der Waals surface area contributed by atoms with Gasteiger partial charge in [0, 0.05) is 5.54 Å². The molecule has 0 rings (SSSR count). The molecule has 0 aromatic carbocycles. The third-order valence-corrected chi connectivity index (χ3v) is 0.354. The Kier molecular flexibility index (Phi) is 13.6. The summed E-state index contributed by atoms with van der Waals surface area (Å²) >= 11 is 5.05. The van der Waals surface area contributed by atoms with Crippen LogP contribution in [0.3, 0.4) is 0 Å². The van der Waals surface area contributed by atoms with Crippen molar-refractivity contribution in [2.45, 2.75) is 7.43 Å². The summed E-state index contributed by atoms with van der Waals surface area (Å²) in [4.78, 5) is 0. The molecule has 36 valence electrons. The van der Waals surface area contributed by atoms with Gasteiger partial charge in [0.1, 0.15) is 0 Å². The molecule has 0 saturated carbocycles. The quantitative estimate of drug-likeness (QED) is 0.449. The normalized spacial score (nSPS) is 7.50. The molecular weight excluding hydrogens is 95.5 g/mol. The van der Waals surface area contributed by atoms with E-state index >= 15 is 0 Å². The fourth-order valence-electron chi connectivity index (χ4n) is 0.0514. The summed E-state index contributed by atoms with van der Waals surface area (Å²) in [5, 5.41) is 0. The van der Waals surface area contributed by atoms with E-state index in [0.29, 0.717) is 0 Å². The topological polar surface area (TPSA) is 0 Å². The van der Waals surface area contributed by atoms with Crippen LogP contribution < -0.4 is 0 Å². The highest BCUT2D eigenvalue weighted by molar-refractivity contribution is 6.25. The molecule has 0 fully saturated rings. The lowest BCUT2D eigenvalue weighted by atomic mass is 10.6. The lowest BCUT2D eigenvalue weighted by Crippen LogP contribution is -1.29. The third kappa shape index (κ3) is 9.23. The van der Waals surface area contributed by atoms with Crippen molar-refractivity contribution in [1.82, 2.24) is 0 Å². The van der Waals surface area contributed by atoms with Crippen LogP contribution >= 0.6 is 11.6 Å². The SMILES string of the molecule is C.C=CC=CCl. The zero-order valence-corrected chi connectivity index (χ0v) is 3.57. The van der Waals surface area contributed by atoms with Gasteiger partial charge in [-0.1, -0.05) is 37.8 Å². The lowest BCUT2D eigenvalue weighted by molar-refractivity contribution is 2.11. The van der Waals surface area contributed by atoms with E-state index in [4.69, 9.17) is 11.6 Å². The molecule has 0 bridgehead atoms. The molecule has 0 aliphatic carbocycles. The van der Waals surface area contributed by atoms with E-state index in [1.54, 1.807) is 12.2 Å². The van der Waals surface area contributed by atoms with Crippen LogP contribution in [0.25, 0.3) is 0 Å².